The Balaban J connectivity index is 1.99. The smallest absolute Gasteiger partial charge is 0.258 e. The maximum atomic E-state index is 11.7. The van der Waals surface area contributed by atoms with Crippen LogP contribution in [0.4, 0.5) is 11.4 Å². The summed E-state index contributed by atoms with van der Waals surface area (Å²) in [6, 6.07) is 16.7. The summed E-state index contributed by atoms with van der Waals surface area (Å²) in [6.07, 6.45) is 0. The zero-order valence-corrected chi connectivity index (χ0v) is 19.1. The second-order valence-electron chi connectivity index (χ2n) is 7.08. The number of nitrogens with zero attached hydrogens (tertiary/aromatic N) is 6. The van der Waals surface area contributed by atoms with Crippen molar-refractivity contribution in [1.29, 1.82) is 0 Å². The summed E-state index contributed by atoms with van der Waals surface area (Å²) in [7, 11) is 0. The Kier molecular flexibility index (Phi) is 5.65. The standard InChI is InChI=1S/C21H16IN6O4/c1-13-3-9-18(14(2)11-13)21-23-25(16-6-4-15(22)5-7-16)26(24-21)19-10-8-17(27(29)30)12-20(19)28(31)32/h3-12H,1-2H3/q+1. The van der Waals surface area contributed by atoms with Crippen LogP contribution < -0.4 is 4.80 Å². The first-order chi connectivity index (χ1) is 15.2. The number of tetrazole rings is 1. The van der Waals surface area contributed by atoms with E-state index in [9.17, 15) is 20.2 Å². The third kappa shape index (κ3) is 4.06. The maximum Gasteiger partial charge on any atom is 0.340 e. The lowest BCUT2D eigenvalue weighted by atomic mass is 10.1. The number of nitro groups is 2. The van der Waals surface area contributed by atoms with Gasteiger partial charge in [0.1, 0.15) is 5.69 Å². The molecular weight excluding hydrogens is 527 g/mol. The molecule has 10 nitrogen and oxygen atoms in total. The van der Waals surface area contributed by atoms with E-state index in [4.69, 9.17) is 0 Å². The molecule has 3 aromatic carbocycles. The van der Waals surface area contributed by atoms with Crippen molar-refractivity contribution in [3.8, 4) is 22.8 Å². The molecule has 0 radical (unpaired) electrons. The molecule has 0 aliphatic carbocycles. The molecule has 0 amide bonds. The van der Waals surface area contributed by atoms with E-state index < -0.39 is 15.5 Å². The van der Waals surface area contributed by atoms with Crippen LogP contribution in [0.3, 0.4) is 0 Å². The van der Waals surface area contributed by atoms with Gasteiger partial charge in [-0.25, -0.2) is 0 Å². The zero-order chi connectivity index (χ0) is 23.0. The Morgan fingerprint density at radius 1 is 0.938 bits per heavy atom. The summed E-state index contributed by atoms with van der Waals surface area (Å²) >= 11 is 2.18. The van der Waals surface area contributed by atoms with E-state index in [0.29, 0.717) is 11.5 Å². The van der Waals surface area contributed by atoms with E-state index in [0.717, 1.165) is 26.3 Å². The van der Waals surface area contributed by atoms with Gasteiger partial charge in [0.05, 0.1) is 26.6 Å². The molecule has 0 saturated heterocycles. The Hall–Kier alpha value is -3.74. The van der Waals surface area contributed by atoms with Gasteiger partial charge in [-0.05, 0) is 82.2 Å². The number of aryl methyl sites for hydroxylation is 2. The molecule has 160 valence electrons. The van der Waals surface area contributed by atoms with Crippen molar-refractivity contribution in [2.75, 3.05) is 0 Å². The number of hydrogen-bond donors (Lipinski definition) is 0. The van der Waals surface area contributed by atoms with Crippen molar-refractivity contribution >= 4 is 34.0 Å². The van der Waals surface area contributed by atoms with Crippen LogP contribution in [-0.4, -0.2) is 24.8 Å². The summed E-state index contributed by atoms with van der Waals surface area (Å²) in [6.45, 7) is 3.92. The highest BCUT2D eigenvalue weighted by molar-refractivity contribution is 14.1. The van der Waals surface area contributed by atoms with Crippen molar-refractivity contribution in [2.45, 2.75) is 13.8 Å². The molecule has 0 atom stereocenters. The van der Waals surface area contributed by atoms with Gasteiger partial charge < -0.3 is 0 Å². The molecule has 0 fully saturated rings. The average Bonchev–Trinajstić information content (AvgIpc) is 3.18. The molecule has 0 spiro atoms. The van der Waals surface area contributed by atoms with E-state index in [1.165, 1.54) is 21.7 Å². The largest absolute Gasteiger partial charge is 0.340 e. The van der Waals surface area contributed by atoms with Crippen LogP contribution in [0, 0.1) is 37.6 Å². The lowest BCUT2D eigenvalue weighted by Gasteiger charge is -2.01. The van der Waals surface area contributed by atoms with Crippen molar-refractivity contribution in [2.24, 2.45) is 0 Å². The number of hydrogen-bond acceptors (Lipinski definition) is 6. The monoisotopic (exact) mass is 543 g/mol. The zero-order valence-electron chi connectivity index (χ0n) is 17.0. The van der Waals surface area contributed by atoms with Gasteiger partial charge in [0.15, 0.2) is 0 Å². The normalized spacial score (nSPS) is 10.8. The Bertz CT molecular complexity index is 1370. The van der Waals surface area contributed by atoms with Gasteiger partial charge in [0.25, 0.3) is 11.4 Å². The van der Waals surface area contributed by atoms with E-state index in [-0.39, 0.29) is 11.4 Å². The molecule has 11 heteroatoms. The minimum Gasteiger partial charge on any atom is -0.258 e. The molecule has 0 bridgehead atoms. The van der Waals surface area contributed by atoms with Gasteiger partial charge in [-0.3, -0.25) is 20.2 Å². The molecule has 0 aliphatic heterocycles. The number of nitro benzene ring substituents is 2. The summed E-state index contributed by atoms with van der Waals surface area (Å²) in [5.74, 6) is 0.369. The highest BCUT2D eigenvalue weighted by Crippen LogP contribution is 2.26. The fraction of sp³-hybridized carbons (Fsp3) is 0.0952. The first kappa shape index (κ1) is 21.5. The fourth-order valence-corrected chi connectivity index (χ4v) is 3.65. The summed E-state index contributed by atoms with van der Waals surface area (Å²) in [5, 5.41) is 32.0. The molecule has 0 unspecified atom stereocenters. The Morgan fingerprint density at radius 2 is 1.66 bits per heavy atom. The second-order valence-corrected chi connectivity index (χ2v) is 8.33. The second kappa shape index (κ2) is 8.42. The number of rotatable bonds is 5. The van der Waals surface area contributed by atoms with Crippen LogP contribution in [0.2, 0.25) is 0 Å². The highest BCUT2D eigenvalue weighted by atomic mass is 127. The summed E-state index contributed by atoms with van der Waals surface area (Å²) < 4.78 is 1.01. The number of aromatic nitrogens is 4. The topological polar surface area (TPSA) is 121 Å². The van der Waals surface area contributed by atoms with Gasteiger partial charge >= 0.3 is 11.5 Å². The van der Waals surface area contributed by atoms with Gasteiger partial charge in [-0.15, -0.1) is 0 Å². The van der Waals surface area contributed by atoms with Gasteiger partial charge in [0.2, 0.25) is 0 Å². The van der Waals surface area contributed by atoms with Crippen LogP contribution >= 0.6 is 22.6 Å². The van der Waals surface area contributed by atoms with Crippen LogP contribution in [0.25, 0.3) is 22.8 Å². The van der Waals surface area contributed by atoms with Crippen LogP contribution in [0.15, 0.2) is 60.7 Å². The molecule has 1 heterocycles. The number of non-ortho nitro benzene ring substituents is 1. The highest BCUT2D eigenvalue weighted by Gasteiger charge is 2.31. The lowest BCUT2D eigenvalue weighted by molar-refractivity contribution is -0.736. The van der Waals surface area contributed by atoms with E-state index in [1.54, 1.807) is 0 Å². The van der Waals surface area contributed by atoms with Crippen molar-refractivity contribution < 1.29 is 14.6 Å². The predicted molar refractivity (Wildman–Crippen MR) is 124 cm³/mol. The molecule has 4 rings (SSSR count). The van der Waals surface area contributed by atoms with E-state index in [1.807, 2.05) is 56.3 Å². The maximum absolute atomic E-state index is 11.7. The minimum atomic E-state index is -0.674. The van der Waals surface area contributed by atoms with Gasteiger partial charge in [-0.1, -0.05) is 17.7 Å². The van der Waals surface area contributed by atoms with Crippen molar-refractivity contribution in [3.05, 3.63) is 95.6 Å². The Labute approximate surface area is 195 Å². The van der Waals surface area contributed by atoms with E-state index >= 15 is 0 Å². The number of halogens is 1. The fourth-order valence-electron chi connectivity index (χ4n) is 3.29. The molecule has 0 aliphatic rings. The van der Waals surface area contributed by atoms with E-state index in [2.05, 4.69) is 32.8 Å². The number of benzene rings is 3. The van der Waals surface area contributed by atoms with Gasteiger partial charge in [0, 0.05) is 20.5 Å². The molecular formula is C21H16IN6O4+. The molecule has 1 aromatic heterocycles. The van der Waals surface area contributed by atoms with Crippen LogP contribution in [0.5, 0.6) is 0 Å². The molecule has 0 saturated carbocycles. The third-order valence-electron chi connectivity index (χ3n) is 4.82. The molecule has 0 N–H and O–H groups in total. The predicted octanol–water partition coefficient (Wildman–Crippen LogP) is 4.25. The third-order valence-corrected chi connectivity index (χ3v) is 5.54. The minimum absolute atomic E-state index is 0.0580. The molecule has 32 heavy (non-hydrogen) atoms. The Morgan fingerprint density at radius 3 is 2.28 bits per heavy atom. The van der Waals surface area contributed by atoms with Crippen LogP contribution in [0.1, 0.15) is 11.1 Å². The average molecular weight is 543 g/mol. The van der Waals surface area contributed by atoms with Gasteiger partial charge in [-0.2, -0.15) is 0 Å². The summed E-state index contributed by atoms with van der Waals surface area (Å²) in [4.78, 5) is 24.3. The first-order valence-electron chi connectivity index (χ1n) is 9.41. The van der Waals surface area contributed by atoms with Crippen LogP contribution in [-0.2, 0) is 0 Å². The molecule has 4 aromatic rings. The summed E-state index contributed by atoms with van der Waals surface area (Å²) in [5.41, 5.74) is 2.67. The quantitative estimate of drug-likeness (QED) is 0.161. The van der Waals surface area contributed by atoms with Crippen molar-refractivity contribution in [1.82, 2.24) is 15.0 Å². The SMILES string of the molecule is Cc1ccc(-c2nn(-c3ccc(I)cc3)[n+](-c3ccc([N+](=O)[O-])cc3[N+](=O)[O-])n2)c(C)c1. The first-order valence-corrected chi connectivity index (χ1v) is 10.5. The van der Waals surface area contributed by atoms with Crippen molar-refractivity contribution in [3.63, 3.8) is 0 Å². The lowest BCUT2D eigenvalue weighted by Crippen LogP contribution is -2.43.